The number of benzene rings is 1. The second-order valence-electron chi connectivity index (χ2n) is 9.58. The lowest BCUT2D eigenvalue weighted by atomic mass is 9.97. The van der Waals surface area contributed by atoms with Crippen molar-refractivity contribution in [1.29, 1.82) is 5.26 Å². The molecule has 0 unspecified atom stereocenters. The van der Waals surface area contributed by atoms with Crippen LogP contribution in [0, 0.1) is 16.7 Å². The summed E-state index contributed by atoms with van der Waals surface area (Å²) in [4.78, 5) is 4.92. The van der Waals surface area contributed by atoms with E-state index in [1.807, 2.05) is 43.5 Å². The summed E-state index contributed by atoms with van der Waals surface area (Å²) in [7, 11) is -3.30. The topological polar surface area (TPSA) is 87.8 Å². The summed E-state index contributed by atoms with van der Waals surface area (Å²) >= 11 is 0. The van der Waals surface area contributed by atoms with Crippen LogP contribution in [-0.2, 0) is 16.6 Å². The lowest BCUT2D eigenvalue weighted by Crippen LogP contribution is -2.29. The Morgan fingerprint density at radius 3 is 2.58 bits per heavy atom. The van der Waals surface area contributed by atoms with Gasteiger partial charge in [0.25, 0.3) is 0 Å². The van der Waals surface area contributed by atoms with Crippen LogP contribution < -0.4 is 4.72 Å². The van der Waals surface area contributed by atoms with Crippen LogP contribution >= 0.6 is 0 Å². The van der Waals surface area contributed by atoms with Crippen molar-refractivity contribution >= 4 is 21.1 Å². The summed E-state index contributed by atoms with van der Waals surface area (Å²) in [6.45, 7) is 9.10. The Hall–Kier alpha value is -2.69. The van der Waals surface area contributed by atoms with Crippen LogP contribution in [0.1, 0.15) is 57.7 Å². The van der Waals surface area contributed by atoms with Crippen molar-refractivity contribution in [2.45, 2.75) is 58.4 Å². The highest BCUT2D eigenvalue weighted by Crippen LogP contribution is 2.33. The smallest absolute Gasteiger partial charge is 0.215 e. The number of nitrogens with zero attached hydrogens (tertiary/aromatic N) is 3. The summed E-state index contributed by atoms with van der Waals surface area (Å²) in [6, 6.07) is 13.2. The Morgan fingerprint density at radius 1 is 1.23 bits per heavy atom. The van der Waals surface area contributed by atoms with Gasteiger partial charge in [-0.2, -0.15) is 5.26 Å². The number of nitriles is 1. The van der Waals surface area contributed by atoms with Crippen molar-refractivity contribution < 1.29 is 8.42 Å². The molecule has 2 heterocycles. The molecule has 0 radical (unpaired) electrons. The van der Waals surface area contributed by atoms with E-state index in [2.05, 4.69) is 36.1 Å². The molecule has 0 bridgehead atoms. The molecule has 1 atom stereocenters. The predicted octanol–water partition coefficient (Wildman–Crippen LogP) is 4.76. The van der Waals surface area contributed by atoms with Gasteiger partial charge in [-0.15, -0.1) is 0 Å². The fourth-order valence-electron chi connectivity index (χ4n) is 3.91. The molecular weight excluding hydrogens is 408 g/mol. The van der Waals surface area contributed by atoms with Crippen molar-refractivity contribution in [2.75, 3.05) is 0 Å². The van der Waals surface area contributed by atoms with Gasteiger partial charge in [0, 0.05) is 29.7 Å². The molecule has 162 valence electrons. The molecule has 2 aromatic heterocycles. The first-order valence-corrected chi connectivity index (χ1v) is 12.1. The minimum Gasteiger partial charge on any atom is -0.332 e. The number of fused-ring (bicyclic) bond motifs is 1. The van der Waals surface area contributed by atoms with Gasteiger partial charge in [0.05, 0.1) is 22.6 Å². The van der Waals surface area contributed by atoms with Gasteiger partial charge in [-0.3, -0.25) is 0 Å². The van der Waals surface area contributed by atoms with E-state index in [0.717, 1.165) is 47.2 Å². The molecule has 6 nitrogen and oxygen atoms in total. The lowest BCUT2D eigenvalue weighted by molar-refractivity contribution is 0.348. The Balaban J connectivity index is 1.82. The van der Waals surface area contributed by atoms with Gasteiger partial charge in [0.2, 0.25) is 10.0 Å². The number of nitrogens with one attached hydrogen (secondary N) is 1. The molecule has 3 aromatic rings. The van der Waals surface area contributed by atoms with Crippen molar-refractivity contribution in [3.63, 3.8) is 0 Å². The maximum atomic E-state index is 12.5. The van der Waals surface area contributed by atoms with Gasteiger partial charge in [0.1, 0.15) is 5.65 Å². The summed E-state index contributed by atoms with van der Waals surface area (Å²) in [5.74, 6) is 0. The molecule has 0 aliphatic heterocycles. The van der Waals surface area contributed by atoms with Crippen molar-refractivity contribution in [3.8, 4) is 17.3 Å². The Bertz CT molecular complexity index is 1280. The molecule has 1 aromatic carbocycles. The molecule has 7 heteroatoms. The second-order valence-corrected chi connectivity index (χ2v) is 11.6. The molecule has 1 aliphatic rings. The Labute approximate surface area is 184 Å². The predicted molar refractivity (Wildman–Crippen MR) is 123 cm³/mol. The van der Waals surface area contributed by atoms with Gasteiger partial charge >= 0.3 is 0 Å². The quantitative estimate of drug-likeness (QED) is 0.603. The number of hydrogen-bond acceptors (Lipinski definition) is 4. The monoisotopic (exact) mass is 436 g/mol. The number of sulfonamides is 1. The summed E-state index contributed by atoms with van der Waals surface area (Å²) in [5.41, 5.74) is 3.83. The maximum Gasteiger partial charge on any atom is 0.215 e. The molecule has 0 amide bonds. The zero-order valence-corrected chi connectivity index (χ0v) is 19.2. The summed E-state index contributed by atoms with van der Waals surface area (Å²) < 4.78 is 29.9. The van der Waals surface area contributed by atoms with E-state index >= 15 is 0 Å². The van der Waals surface area contributed by atoms with Crippen molar-refractivity contribution in [2.24, 2.45) is 5.41 Å². The van der Waals surface area contributed by atoms with E-state index in [1.165, 1.54) is 0 Å². The molecule has 31 heavy (non-hydrogen) atoms. The lowest BCUT2D eigenvalue weighted by Gasteiger charge is -2.19. The number of rotatable bonds is 6. The van der Waals surface area contributed by atoms with Crippen LogP contribution in [0.3, 0.4) is 0 Å². The van der Waals surface area contributed by atoms with Crippen LogP contribution in [0.4, 0.5) is 0 Å². The molecule has 1 saturated carbocycles. The molecule has 0 spiro atoms. The third-order valence-electron chi connectivity index (χ3n) is 5.49. The first-order valence-electron chi connectivity index (χ1n) is 10.6. The fourth-order valence-corrected chi connectivity index (χ4v) is 5.48. The third-order valence-corrected chi connectivity index (χ3v) is 7.52. The molecular formula is C24H28N4O2S. The average Bonchev–Trinajstić information content (AvgIpc) is 3.51. The molecule has 1 aliphatic carbocycles. The minimum absolute atomic E-state index is 0.0161. The largest absolute Gasteiger partial charge is 0.332 e. The second kappa shape index (κ2) is 7.77. The molecule has 1 fully saturated rings. The maximum absolute atomic E-state index is 12.5. The highest BCUT2D eigenvalue weighted by molar-refractivity contribution is 7.90. The highest BCUT2D eigenvalue weighted by Gasteiger charge is 2.37. The Morgan fingerprint density at radius 2 is 1.94 bits per heavy atom. The fraction of sp³-hybridized carbons (Fsp3) is 0.417. The normalized spacial score (nSPS) is 15.7. The SMILES string of the molecule is C[C@@H](NS(=O)(=O)C1CC1)c1cn(CC(C)(C)C)c2nc(-c3ccccc3C#N)ccc12. The highest BCUT2D eigenvalue weighted by atomic mass is 32.2. The van der Waals surface area contributed by atoms with Gasteiger partial charge in [0.15, 0.2) is 0 Å². The summed E-state index contributed by atoms with van der Waals surface area (Å²) in [6.07, 6.45) is 3.48. The summed E-state index contributed by atoms with van der Waals surface area (Å²) in [5, 5.41) is 10.2. The third kappa shape index (κ3) is 4.51. The standard InChI is InChI=1S/C24H28N4O2S/c1-16(27-31(29,30)18-9-10-18)21-14-28(15-24(2,3)4)23-20(21)11-12-22(26-23)19-8-6-5-7-17(19)13-25/h5-8,11-12,14,16,18,27H,9-10,15H2,1-4H3/t16-/m1/s1. The number of aromatic nitrogens is 2. The van der Waals surface area contributed by atoms with E-state index in [-0.39, 0.29) is 16.7 Å². The van der Waals surface area contributed by atoms with Crippen LogP contribution in [0.5, 0.6) is 0 Å². The first-order chi connectivity index (χ1) is 14.6. The van der Waals surface area contributed by atoms with E-state index in [9.17, 15) is 13.7 Å². The van der Waals surface area contributed by atoms with Crippen LogP contribution in [0.15, 0.2) is 42.6 Å². The molecule has 0 saturated heterocycles. The van der Waals surface area contributed by atoms with Crippen LogP contribution in [-0.4, -0.2) is 23.2 Å². The minimum atomic E-state index is -3.30. The van der Waals surface area contributed by atoms with E-state index in [4.69, 9.17) is 4.98 Å². The molecule has 4 rings (SSSR count). The number of hydrogen-bond donors (Lipinski definition) is 1. The van der Waals surface area contributed by atoms with Gasteiger partial charge in [-0.25, -0.2) is 18.1 Å². The Kier molecular flexibility index (Phi) is 5.40. The number of pyridine rings is 1. The zero-order chi connectivity index (χ0) is 22.4. The van der Waals surface area contributed by atoms with Crippen LogP contribution in [0.25, 0.3) is 22.3 Å². The average molecular weight is 437 g/mol. The van der Waals surface area contributed by atoms with Crippen molar-refractivity contribution in [1.82, 2.24) is 14.3 Å². The van der Waals surface area contributed by atoms with E-state index in [1.54, 1.807) is 6.07 Å². The van der Waals surface area contributed by atoms with E-state index in [0.29, 0.717) is 5.56 Å². The zero-order valence-electron chi connectivity index (χ0n) is 18.4. The van der Waals surface area contributed by atoms with E-state index < -0.39 is 10.0 Å². The van der Waals surface area contributed by atoms with Crippen LogP contribution in [0.2, 0.25) is 0 Å². The van der Waals surface area contributed by atoms with Gasteiger partial charge in [-0.05, 0) is 48.9 Å². The van der Waals surface area contributed by atoms with Gasteiger partial charge in [-0.1, -0.05) is 39.0 Å². The van der Waals surface area contributed by atoms with Crippen molar-refractivity contribution in [3.05, 3.63) is 53.7 Å². The first kappa shape index (κ1) is 21.5. The van der Waals surface area contributed by atoms with Gasteiger partial charge < -0.3 is 4.57 Å². The molecule has 1 N–H and O–H groups in total.